The van der Waals surface area contributed by atoms with E-state index in [1.165, 1.54) is 6.07 Å². The Bertz CT molecular complexity index is 451. The van der Waals surface area contributed by atoms with Crippen molar-refractivity contribution in [1.29, 1.82) is 0 Å². The van der Waals surface area contributed by atoms with Crippen molar-refractivity contribution >= 4 is 17.2 Å². The van der Waals surface area contributed by atoms with Crippen molar-refractivity contribution in [2.75, 3.05) is 13.2 Å². The number of halogens is 3. The zero-order valence-electron chi connectivity index (χ0n) is 10.9. The van der Waals surface area contributed by atoms with Gasteiger partial charge in [-0.2, -0.15) is 13.2 Å². The molecule has 0 spiro atoms. The third-order valence-electron chi connectivity index (χ3n) is 2.45. The van der Waals surface area contributed by atoms with Crippen LogP contribution in [0.4, 0.5) is 13.2 Å². The maximum absolute atomic E-state index is 12.7. The van der Waals surface area contributed by atoms with Gasteiger partial charge in [0.15, 0.2) is 11.5 Å². The summed E-state index contributed by atoms with van der Waals surface area (Å²) in [4.78, 5) is -0.635. The summed E-state index contributed by atoms with van der Waals surface area (Å²) >= 11 is 4.43. The van der Waals surface area contributed by atoms with Crippen LogP contribution < -0.4 is 15.2 Å². The number of hydrogen-bond donors (Lipinski definition) is 1. The first kappa shape index (κ1) is 16.6. The summed E-state index contributed by atoms with van der Waals surface area (Å²) in [6.07, 6.45) is -3.74. The van der Waals surface area contributed by atoms with Crippen LogP contribution in [0, 0.1) is 5.92 Å². The molecule has 1 aromatic rings. The first-order valence-electron chi connectivity index (χ1n) is 6.07. The summed E-state index contributed by atoms with van der Waals surface area (Å²) in [7, 11) is 0. The van der Waals surface area contributed by atoms with Gasteiger partial charge in [0.25, 0.3) is 0 Å². The molecule has 1 unspecified atom stereocenters. The molecule has 1 aromatic carbocycles. The van der Waals surface area contributed by atoms with Gasteiger partial charge in [0.2, 0.25) is 0 Å². The van der Waals surface area contributed by atoms with Crippen molar-refractivity contribution in [3.05, 3.63) is 24.3 Å². The molecule has 2 N–H and O–H groups in total. The summed E-state index contributed by atoms with van der Waals surface area (Å²) in [5.41, 5.74) is 5.11. The Morgan fingerprint density at radius 3 is 2.25 bits per heavy atom. The van der Waals surface area contributed by atoms with Crippen molar-refractivity contribution in [2.24, 2.45) is 11.7 Å². The number of hydrogen-bond acceptors (Lipinski definition) is 3. The molecular weight excluding hydrogens is 291 g/mol. The highest BCUT2D eigenvalue weighted by molar-refractivity contribution is 7.80. The molecule has 7 heteroatoms. The van der Waals surface area contributed by atoms with Crippen LogP contribution in [-0.2, 0) is 0 Å². The van der Waals surface area contributed by atoms with Gasteiger partial charge in [-0.15, -0.1) is 0 Å². The molecule has 0 radical (unpaired) electrons. The largest absolute Gasteiger partial charge is 0.490 e. The smallest absolute Gasteiger partial charge is 0.401 e. The molecule has 0 heterocycles. The molecule has 1 atom stereocenters. The fraction of sp³-hybridized carbons (Fsp3) is 0.462. The Hall–Kier alpha value is -1.50. The van der Waals surface area contributed by atoms with Crippen LogP contribution in [-0.4, -0.2) is 24.4 Å². The van der Waals surface area contributed by atoms with E-state index >= 15 is 0 Å². The fourth-order valence-corrected chi connectivity index (χ4v) is 1.61. The second kappa shape index (κ2) is 7.33. The minimum absolute atomic E-state index is 0.242. The van der Waals surface area contributed by atoms with Gasteiger partial charge in [0.05, 0.1) is 11.6 Å². The van der Waals surface area contributed by atoms with Crippen LogP contribution in [0.15, 0.2) is 24.3 Å². The Kier molecular flexibility index (Phi) is 6.06. The molecular formula is C13H16F3NO2S. The van der Waals surface area contributed by atoms with Gasteiger partial charge in [-0.25, -0.2) is 0 Å². The minimum atomic E-state index is -4.52. The molecule has 0 aliphatic rings. The van der Waals surface area contributed by atoms with Crippen molar-refractivity contribution in [3.8, 4) is 11.5 Å². The third kappa shape index (κ3) is 4.88. The maximum atomic E-state index is 12.7. The third-order valence-corrected chi connectivity index (χ3v) is 2.74. The quantitative estimate of drug-likeness (QED) is 0.785. The maximum Gasteiger partial charge on any atom is 0.401 e. The van der Waals surface area contributed by atoms with Gasteiger partial charge >= 0.3 is 6.18 Å². The molecule has 0 aliphatic heterocycles. The molecule has 1 rings (SSSR count). The molecule has 0 bridgehead atoms. The molecule has 3 nitrogen and oxygen atoms in total. The number of rotatable bonds is 7. The fourth-order valence-electron chi connectivity index (χ4n) is 1.41. The Balaban J connectivity index is 2.75. The van der Waals surface area contributed by atoms with Crippen LogP contribution in [0.5, 0.6) is 11.5 Å². The van der Waals surface area contributed by atoms with Gasteiger partial charge < -0.3 is 15.2 Å². The van der Waals surface area contributed by atoms with Crippen molar-refractivity contribution in [1.82, 2.24) is 0 Å². The predicted octanol–water partition coefficient (Wildman–Crippen LogP) is 3.32. The van der Waals surface area contributed by atoms with E-state index in [2.05, 4.69) is 12.2 Å². The number of ether oxygens (including phenoxy) is 2. The van der Waals surface area contributed by atoms with E-state index in [9.17, 15) is 13.2 Å². The Morgan fingerprint density at radius 2 is 1.80 bits per heavy atom. The van der Waals surface area contributed by atoms with E-state index in [4.69, 9.17) is 15.2 Å². The van der Waals surface area contributed by atoms with E-state index in [-0.39, 0.29) is 5.75 Å². The summed E-state index contributed by atoms with van der Waals surface area (Å²) in [6, 6.07) is 6.54. The molecule has 0 amide bonds. The van der Waals surface area contributed by atoms with Crippen LogP contribution in [0.25, 0.3) is 0 Å². The van der Waals surface area contributed by atoms with E-state index in [0.29, 0.717) is 12.4 Å². The van der Waals surface area contributed by atoms with Gasteiger partial charge in [-0.3, -0.25) is 0 Å². The molecule has 112 valence electrons. The highest BCUT2D eigenvalue weighted by atomic mass is 32.1. The van der Waals surface area contributed by atoms with Crippen molar-refractivity contribution < 1.29 is 22.6 Å². The first-order chi connectivity index (χ1) is 9.36. The van der Waals surface area contributed by atoms with Gasteiger partial charge in [0, 0.05) is 0 Å². The molecule has 0 aliphatic carbocycles. The van der Waals surface area contributed by atoms with Gasteiger partial charge in [0.1, 0.15) is 12.5 Å². The number of thiocarbonyl (C=S) groups is 1. The summed E-state index contributed by atoms with van der Waals surface area (Å²) < 4.78 is 48.7. The summed E-state index contributed by atoms with van der Waals surface area (Å²) in [6.45, 7) is 1.72. The van der Waals surface area contributed by atoms with Crippen molar-refractivity contribution in [3.63, 3.8) is 0 Å². The molecule has 0 fully saturated rings. The van der Waals surface area contributed by atoms with E-state index in [1.54, 1.807) is 18.2 Å². The number of nitrogens with two attached hydrogens (primary N) is 1. The Labute approximate surface area is 120 Å². The topological polar surface area (TPSA) is 44.5 Å². The SMILES string of the molecule is CCCOc1ccccc1OCC(C(N)=S)C(F)(F)F. The second-order valence-electron chi connectivity index (χ2n) is 4.10. The molecule has 20 heavy (non-hydrogen) atoms. The average molecular weight is 307 g/mol. The predicted molar refractivity (Wildman–Crippen MR) is 74.1 cm³/mol. The summed E-state index contributed by atoms with van der Waals surface area (Å²) in [5.74, 6) is -1.33. The average Bonchev–Trinajstić information content (AvgIpc) is 2.35. The van der Waals surface area contributed by atoms with Crippen molar-refractivity contribution in [2.45, 2.75) is 19.5 Å². The lowest BCUT2D eigenvalue weighted by Crippen LogP contribution is -2.38. The number of benzene rings is 1. The highest BCUT2D eigenvalue weighted by Gasteiger charge is 2.42. The number of alkyl halides is 3. The second-order valence-corrected chi connectivity index (χ2v) is 4.57. The van der Waals surface area contributed by atoms with Crippen LogP contribution in [0.1, 0.15) is 13.3 Å². The van der Waals surface area contributed by atoms with E-state index < -0.39 is 23.7 Å². The zero-order valence-corrected chi connectivity index (χ0v) is 11.8. The number of para-hydroxylation sites is 2. The minimum Gasteiger partial charge on any atom is -0.490 e. The zero-order chi connectivity index (χ0) is 15.2. The van der Waals surface area contributed by atoms with E-state index in [0.717, 1.165) is 6.42 Å². The lowest BCUT2D eigenvalue weighted by molar-refractivity contribution is -0.161. The van der Waals surface area contributed by atoms with E-state index in [1.807, 2.05) is 6.92 Å². The molecule has 0 saturated heterocycles. The first-order valence-corrected chi connectivity index (χ1v) is 6.47. The lowest BCUT2D eigenvalue weighted by Gasteiger charge is -2.20. The van der Waals surface area contributed by atoms with Crippen LogP contribution in [0.3, 0.4) is 0 Å². The van der Waals surface area contributed by atoms with Crippen LogP contribution in [0.2, 0.25) is 0 Å². The normalized spacial score (nSPS) is 12.8. The van der Waals surface area contributed by atoms with Gasteiger partial charge in [-0.05, 0) is 18.6 Å². The Morgan fingerprint density at radius 1 is 1.25 bits per heavy atom. The lowest BCUT2D eigenvalue weighted by atomic mass is 10.1. The van der Waals surface area contributed by atoms with Gasteiger partial charge in [-0.1, -0.05) is 31.3 Å². The molecule has 0 aromatic heterocycles. The van der Waals surface area contributed by atoms with Crippen LogP contribution >= 0.6 is 12.2 Å². The summed E-state index contributed by atoms with van der Waals surface area (Å²) in [5, 5.41) is 0. The monoisotopic (exact) mass is 307 g/mol. The standard InChI is InChI=1S/C13H16F3NO2S/c1-2-7-18-10-5-3-4-6-11(10)19-8-9(12(17)20)13(14,15)16/h3-6,9H,2,7-8H2,1H3,(H2,17,20). The molecule has 0 saturated carbocycles. The highest BCUT2D eigenvalue weighted by Crippen LogP contribution is 2.30.